The van der Waals surface area contributed by atoms with E-state index in [1.54, 1.807) is 0 Å². The Labute approximate surface area is 198 Å². The lowest BCUT2D eigenvalue weighted by atomic mass is 9.78. The molecule has 0 radical (unpaired) electrons. The SMILES string of the molecule is CCNC(=O)N1CCC[C@]23COCC(=O)N2C(OC2CCC(c4ccccc4)CC2)[C@@H](C)[C@H]13.[HH]. The summed E-state index contributed by atoms with van der Waals surface area (Å²) < 4.78 is 12.5. The van der Waals surface area contributed by atoms with Gasteiger partial charge in [0.05, 0.1) is 24.3 Å². The fourth-order valence-corrected chi connectivity index (χ4v) is 6.94. The van der Waals surface area contributed by atoms with Crippen LogP contribution in [0.5, 0.6) is 0 Å². The summed E-state index contributed by atoms with van der Waals surface area (Å²) in [7, 11) is 0. The Hall–Kier alpha value is -2.12. The highest BCUT2D eigenvalue weighted by molar-refractivity contribution is 5.81. The number of carbonyl (C=O) groups excluding carboxylic acids is 2. The van der Waals surface area contributed by atoms with Gasteiger partial charge in [-0.25, -0.2) is 4.79 Å². The van der Waals surface area contributed by atoms with Crippen LogP contribution >= 0.6 is 0 Å². The number of morpholine rings is 1. The smallest absolute Gasteiger partial charge is 0.317 e. The number of ether oxygens (including phenoxy) is 2. The van der Waals surface area contributed by atoms with E-state index in [4.69, 9.17) is 9.47 Å². The Morgan fingerprint density at radius 3 is 2.73 bits per heavy atom. The van der Waals surface area contributed by atoms with Crippen molar-refractivity contribution < 1.29 is 20.5 Å². The van der Waals surface area contributed by atoms with E-state index in [9.17, 15) is 9.59 Å². The molecule has 3 heterocycles. The number of hydrogen-bond donors (Lipinski definition) is 1. The number of hydrogen-bond acceptors (Lipinski definition) is 4. The predicted molar refractivity (Wildman–Crippen MR) is 127 cm³/mol. The first kappa shape index (κ1) is 22.7. The number of piperidine rings is 1. The summed E-state index contributed by atoms with van der Waals surface area (Å²) in [5, 5.41) is 2.97. The molecule has 182 valence electrons. The van der Waals surface area contributed by atoms with Gasteiger partial charge in [0.2, 0.25) is 0 Å². The molecule has 33 heavy (non-hydrogen) atoms. The second-order valence-corrected chi connectivity index (χ2v) is 10.2. The van der Waals surface area contributed by atoms with Crippen molar-refractivity contribution in [1.82, 2.24) is 15.1 Å². The molecular formula is C26H39N3O4. The normalized spacial score (nSPS) is 36.3. The minimum atomic E-state index is -0.482. The summed E-state index contributed by atoms with van der Waals surface area (Å²) in [6.45, 7) is 5.96. The van der Waals surface area contributed by atoms with E-state index in [0.717, 1.165) is 38.5 Å². The molecule has 3 saturated heterocycles. The molecule has 7 heteroatoms. The quantitative estimate of drug-likeness (QED) is 0.748. The molecule has 5 rings (SSSR count). The largest absolute Gasteiger partial charge is 0.369 e. The van der Waals surface area contributed by atoms with E-state index in [-0.39, 0.29) is 44.3 Å². The monoisotopic (exact) mass is 457 g/mol. The second kappa shape index (κ2) is 9.26. The Morgan fingerprint density at radius 2 is 2.00 bits per heavy atom. The van der Waals surface area contributed by atoms with Crippen molar-refractivity contribution in [2.75, 3.05) is 26.3 Å². The van der Waals surface area contributed by atoms with Crippen molar-refractivity contribution in [3.8, 4) is 0 Å². The Bertz CT molecular complexity index is 859. The number of nitrogens with zero attached hydrogens (tertiary/aromatic N) is 2. The summed E-state index contributed by atoms with van der Waals surface area (Å²) in [5.41, 5.74) is 0.931. The topological polar surface area (TPSA) is 71.1 Å². The van der Waals surface area contributed by atoms with Gasteiger partial charge in [-0.3, -0.25) is 4.79 Å². The van der Waals surface area contributed by atoms with Crippen LogP contribution in [0.4, 0.5) is 4.79 Å². The van der Waals surface area contributed by atoms with Crippen LogP contribution in [-0.2, 0) is 14.3 Å². The molecule has 3 aliphatic heterocycles. The Balaban J connectivity index is 0.00000274. The molecule has 0 bridgehead atoms. The van der Waals surface area contributed by atoms with Crippen LogP contribution in [0.15, 0.2) is 30.3 Å². The van der Waals surface area contributed by atoms with Crippen molar-refractivity contribution >= 4 is 11.9 Å². The average Bonchev–Trinajstić information content (AvgIpc) is 3.09. The highest BCUT2D eigenvalue weighted by atomic mass is 16.5. The molecule has 1 spiro atoms. The van der Waals surface area contributed by atoms with Crippen molar-refractivity contribution in [2.45, 2.75) is 82.2 Å². The predicted octanol–water partition coefficient (Wildman–Crippen LogP) is 3.74. The van der Waals surface area contributed by atoms with Crippen LogP contribution in [0.3, 0.4) is 0 Å². The van der Waals surface area contributed by atoms with Gasteiger partial charge in [0.15, 0.2) is 0 Å². The van der Waals surface area contributed by atoms with Crippen LogP contribution in [0.25, 0.3) is 0 Å². The van der Waals surface area contributed by atoms with Crippen molar-refractivity contribution in [1.29, 1.82) is 0 Å². The third-order valence-electron chi connectivity index (χ3n) is 8.29. The molecule has 1 unspecified atom stereocenters. The number of amides is 3. The van der Waals surface area contributed by atoms with E-state index in [1.165, 1.54) is 5.56 Å². The van der Waals surface area contributed by atoms with Crippen LogP contribution in [-0.4, -0.2) is 72.0 Å². The van der Waals surface area contributed by atoms with E-state index in [2.05, 4.69) is 42.6 Å². The maximum atomic E-state index is 13.2. The number of nitrogens with one attached hydrogen (secondary N) is 1. The van der Waals surface area contributed by atoms with Gasteiger partial charge in [0.1, 0.15) is 12.8 Å². The molecule has 1 aromatic rings. The number of rotatable bonds is 4. The molecule has 0 aromatic heterocycles. The van der Waals surface area contributed by atoms with Gasteiger partial charge in [-0.2, -0.15) is 0 Å². The first-order chi connectivity index (χ1) is 16.0. The summed E-state index contributed by atoms with van der Waals surface area (Å²) >= 11 is 0. The van der Waals surface area contributed by atoms with Crippen molar-refractivity contribution in [3.63, 3.8) is 0 Å². The summed E-state index contributed by atoms with van der Waals surface area (Å²) in [6.07, 6.45) is 5.76. The zero-order valence-electron chi connectivity index (χ0n) is 19.9. The number of benzene rings is 1. The molecule has 1 saturated carbocycles. The van der Waals surface area contributed by atoms with Crippen LogP contribution in [0.1, 0.15) is 65.3 Å². The minimum absolute atomic E-state index is 0. The number of urea groups is 1. The fourth-order valence-electron chi connectivity index (χ4n) is 6.94. The first-order valence-corrected chi connectivity index (χ1v) is 12.7. The Morgan fingerprint density at radius 1 is 1.24 bits per heavy atom. The molecular weight excluding hydrogens is 418 g/mol. The standard InChI is InChI=1S/C26H37N3O4.H2/c1-3-27-25(31)28-15-7-14-26-17-32-16-22(30)29(26)24(18(2)23(26)28)33-21-12-10-20(11-13-21)19-8-5-4-6-9-19;/h4-6,8-9,18,20-21,23-24H,3,7,10-17H2,1-2H3,(H,27,31);1H/t18-,20?,21?,23-,24?,26+;/m0./s1. The van der Waals surface area contributed by atoms with Crippen LogP contribution in [0, 0.1) is 5.92 Å². The molecule has 1 N–H and O–H groups in total. The van der Waals surface area contributed by atoms with Crippen molar-refractivity contribution in [2.24, 2.45) is 5.92 Å². The third-order valence-corrected chi connectivity index (χ3v) is 8.29. The lowest BCUT2D eigenvalue weighted by Gasteiger charge is -2.51. The molecule has 3 amide bonds. The molecule has 4 aliphatic rings. The molecule has 7 nitrogen and oxygen atoms in total. The maximum Gasteiger partial charge on any atom is 0.317 e. The highest BCUT2D eigenvalue weighted by Crippen LogP contribution is 2.49. The minimum Gasteiger partial charge on any atom is -0.369 e. The van der Waals surface area contributed by atoms with Gasteiger partial charge >= 0.3 is 6.03 Å². The van der Waals surface area contributed by atoms with Crippen molar-refractivity contribution in [3.05, 3.63) is 35.9 Å². The van der Waals surface area contributed by atoms with E-state index in [0.29, 0.717) is 25.6 Å². The molecule has 4 atom stereocenters. The lowest BCUT2D eigenvalue weighted by molar-refractivity contribution is -0.187. The zero-order chi connectivity index (χ0) is 23.0. The van der Waals surface area contributed by atoms with Crippen LogP contribution < -0.4 is 5.32 Å². The molecule has 1 aliphatic carbocycles. The van der Waals surface area contributed by atoms with Gasteiger partial charge in [-0.1, -0.05) is 37.3 Å². The lowest BCUT2D eigenvalue weighted by Crippen LogP contribution is -2.68. The first-order valence-electron chi connectivity index (χ1n) is 12.7. The van der Waals surface area contributed by atoms with E-state index >= 15 is 0 Å². The number of likely N-dealkylation sites (tertiary alicyclic amines) is 1. The van der Waals surface area contributed by atoms with Gasteiger partial charge in [-0.15, -0.1) is 0 Å². The molecule has 4 fully saturated rings. The zero-order valence-corrected chi connectivity index (χ0v) is 19.9. The van der Waals surface area contributed by atoms with Crippen LogP contribution in [0.2, 0.25) is 0 Å². The maximum absolute atomic E-state index is 13.2. The highest BCUT2D eigenvalue weighted by Gasteiger charge is 2.65. The summed E-state index contributed by atoms with van der Waals surface area (Å²) in [5.74, 6) is 0.612. The van der Waals surface area contributed by atoms with Gasteiger partial charge < -0.3 is 24.6 Å². The molecule has 1 aromatic carbocycles. The Kier molecular flexibility index (Phi) is 6.36. The number of carbonyl (C=O) groups is 2. The average molecular weight is 458 g/mol. The summed E-state index contributed by atoms with van der Waals surface area (Å²) in [6, 6.07) is 10.6. The fraction of sp³-hybridized carbons (Fsp3) is 0.692. The van der Waals surface area contributed by atoms with Gasteiger partial charge in [-0.05, 0) is 56.9 Å². The van der Waals surface area contributed by atoms with Gasteiger partial charge in [0.25, 0.3) is 5.91 Å². The van der Waals surface area contributed by atoms with Gasteiger partial charge in [0, 0.05) is 20.4 Å². The summed E-state index contributed by atoms with van der Waals surface area (Å²) in [4.78, 5) is 30.0. The second-order valence-electron chi connectivity index (χ2n) is 10.2. The van der Waals surface area contributed by atoms with E-state index < -0.39 is 5.54 Å². The third kappa shape index (κ3) is 3.93. The van der Waals surface area contributed by atoms with E-state index in [1.807, 2.05) is 16.7 Å².